The summed E-state index contributed by atoms with van der Waals surface area (Å²) in [6.07, 6.45) is 0. The van der Waals surface area contributed by atoms with Gasteiger partial charge in [-0.25, -0.2) is 8.42 Å². The van der Waals surface area contributed by atoms with E-state index in [-0.39, 0.29) is 4.90 Å². The van der Waals surface area contributed by atoms with Gasteiger partial charge in [0.1, 0.15) is 5.75 Å². The molecule has 8 heteroatoms. The number of morpholine rings is 1. The Morgan fingerprint density at radius 3 is 2.38 bits per heavy atom. The topological polar surface area (TPSA) is 81.9 Å². The number of ether oxygens (including phenoxy) is 2. The van der Waals surface area contributed by atoms with Crippen LogP contribution in [0.15, 0.2) is 47.4 Å². The summed E-state index contributed by atoms with van der Waals surface area (Å²) in [7, 11) is -3.52. The number of halogens is 1. The average molecular weight is 369 g/mol. The number of para-hydroxylation sites is 1. The maximum Gasteiger partial charge on any atom is 0.243 e. The molecule has 1 saturated heterocycles. The minimum absolute atomic E-state index is 0.212. The summed E-state index contributed by atoms with van der Waals surface area (Å²) in [4.78, 5) is 0.212. The molecule has 3 rings (SSSR count). The van der Waals surface area contributed by atoms with E-state index in [0.717, 1.165) is 0 Å². The van der Waals surface area contributed by atoms with E-state index in [1.165, 1.54) is 16.4 Å². The zero-order valence-electron chi connectivity index (χ0n) is 12.8. The minimum atomic E-state index is -3.52. The maximum absolute atomic E-state index is 12.6. The first-order valence-corrected chi connectivity index (χ1v) is 9.20. The van der Waals surface area contributed by atoms with Crippen LogP contribution in [-0.2, 0) is 14.8 Å². The van der Waals surface area contributed by atoms with E-state index < -0.39 is 10.0 Å². The van der Waals surface area contributed by atoms with Crippen LogP contribution in [0.1, 0.15) is 0 Å². The summed E-state index contributed by atoms with van der Waals surface area (Å²) in [5.74, 6) is 0.804. The molecule has 0 saturated carbocycles. The van der Waals surface area contributed by atoms with Crippen LogP contribution in [0.25, 0.3) is 0 Å². The van der Waals surface area contributed by atoms with Gasteiger partial charge in [-0.3, -0.25) is 0 Å². The lowest BCUT2D eigenvalue weighted by Crippen LogP contribution is -2.40. The van der Waals surface area contributed by atoms with Crippen LogP contribution in [0.2, 0.25) is 5.02 Å². The monoisotopic (exact) mass is 368 g/mol. The summed E-state index contributed by atoms with van der Waals surface area (Å²) in [6.45, 7) is 1.53. The molecule has 0 radical (unpaired) electrons. The highest BCUT2D eigenvalue weighted by Crippen LogP contribution is 2.35. The predicted molar refractivity (Wildman–Crippen MR) is 92.0 cm³/mol. The van der Waals surface area contributed by atoms with Crippen LogP contribution in [0, 0.1) is 0 Å². The first-order valence-electron chi connectivity index (χ1n) is 7.38. The number of benzene rings is 2. The van der Waals surface area contributed by atoms with Gasteiger partial charge in [-0.2, -0.15) is 4.31 Å². The SMILES string of the molecule is Nc1cccc(Cl)c1Oc1ccc(S(=O)(=O)N2CCOCC2)cc1. The highest BCUT2D eigenvalue weighted by Gasteiger charge is 2.26. The molecule has 1 fully saturated rings. The van der Waals surface area contributed by atoms with Gasteiger partial charge in [-0.15, -0.1) is 0 Å². The van der Waals surface area contributed by atoms with Crippen molar-refractivity contribution in [1.29, 1.82) is 0 Å². The van der Waals surface area contributed by atoms with Crippen molar-refractivity contribution in [1.82, 2.24) is 4.31 Å². The third-order valence-corrected chi connectivity index (χ3v) is 5.86. The van der Waals surface area contributed by atoms with E-state index in [9.17, 15) is 8.42 Å². The second-order valence-electron chi connectivity index (χ2n) is 5.25. The van der Waals surface area contributed by atoms with Gasteiger partial charge >= 0.3 is 0 Å². The number of nitrogens with zero attached hydrogens (tertiary/aromatic N) is 1. The molecule has 2 aromatic carbocycles. The molecule has 1 heterocycles. The maximum atomic E-state index is 12.6. The van der Waals surface area contributed by atoms with Crippen molar-refractivity contribution < 1.29 is 17.9 Å². The number of rotatable bonds is 4. The van der Waals surface area contributed by atoms with E-state index in [2.05, 4.69) is 0 Å². The van der Waals surface area contributed by atoms with Crippen molar-refractivity contribution >= 4 is 27.3 Å². The van der Waals surface area contributed by atoms with Gasteiger partial charge in [0.05, 0.1) is 28.8 Å². The Morgan fingerprint density at radius 2 is 1.75 bits per heavy atom. The largest absolute Gasteiger partial charge is 0.454 e. The number of nitrogen functional groups attached to an aromatic ring is 1. The number of nitrogens with two attached hydrogens (primary N) is 1. The molecule has 1 aliphatic heterocycles. The van der Waals surface area contributed by atoms with Crippen molar-refractivity contribution in [3.05, 3.63) is 47.5 Å². The number of sulfonamides is 1. The third-order valence-electron chi connectivity index (χ3n) is 3.65. The van der Waals surface area contributed by atoms with Gasteiger partial charge in [0.25, 0.3) is 0 Å². The second-order valence-corrected chi connectivity index (χ2v) is 7.59. The Balaban J connectivity index is 1.80. The minimum Gasteiger partial charge on any atom is -0.454 e. The van der Waals surface area contributed by atoms with E-state index in [0.29, 0.717) is 48.5 Å². The first-order chi connectivity index (χ1) is 11.5. The molecule has 0 unspecified atom stereocenters. The van der Waals surface area contributed by atoms with Gasteiger partial charge in [-0.05, 0) is 36.4 Å². The van der Waals surface area contributed by atoms with Gasteiger partial charge in [0.2, 0.25) is 10.0 Å². The van der Waals surface area contributed by atoms with Gasteiger partial charge < -0.3 is 15.2 Å². The molecule has 2 aromatic rings. The molecular weight excluding hydrogens is 352 g/mol. The molecular formula is C16H17ClN2O4S. The lowest BCUT2D eigenvalue weighted by molar-refractivity contribution is 0.0730. The molecule has 2 N–H and O–H groups in total. The average Bonchev–Trinajstić information content (AvgIpc) is 2.59. The quantitative estimate of drug-likeness (QED) is 0.839. The third kappa shape index (κ3) is 3.49. The fourth-order valence-corrected chi connectivity index (χ4v) is 4.00. The zero-order chi connectivity index (χ0) is 17.2. The van der Waals surface area contributed by atoms with E-state index in [1.54, 1.807) is 30.3 Å². The Kier molecular flexibility index (Phi) is 4.96. The molecule has 6 nitrogen and oxygen atoms in total. The van der Waals surface area contributed by atoms with Gasteiger partial charge in [0, 0.05) is 13.1 Å². The van der Waals surface area contributed by atoms with Crippen LogP contribution in [0.5, 0.6) is 11.5 Å². The second kappa shape index (κ2) is 6.98. The smallest absolute Gasteiger partial charge is 0.243 e. The standard InChI is InChI=1S/C16H17ClN2O4S/c17-14-2-1-3-15(18)16(14)23-12-4-6-13(7-5-12)24(20,21)19-8-10-22-11-9-19/h1-7H,8-11,18H2. The van der Waals surface area contributed by atoms with Crippen molar-refractivity contribution in [3.63, 3.8) is 0 Å². The van der Waals surface area contributed by atoms with Crippen LogP contribution in [0.3, 0.4) is 0 Å². The molecule has 0 aromatic heterocycles. The zero-order valence-corrected chi connectivity index (χ0v) is 14.4. The summed E-state index contributed by atoms with van der Waals surface area (Å²) in [5.41, 5.74) is 6.25. The van der Waals surface area contributed by atoms with Crippen LogP contribution >= 0.6 is 11.6 Å². The Morgan fingerprint density at radius 1 is 1.08 bits per heavy atom. The van der Waals surface area contributed by atoms with Crippen LogP contribution < -0.4 is 10.5 Å². The normalized spacial score (nSPS) is 16.0. The van der Waals surface area contributed by atoms with Crippen molar-refractivity contribution in [2.24, 2.45) is 0 Å². The summed E-state index contributed by atoms with van der Waals surface area (Å²) < 4.78 is 37.4. The number of hydrogen-bond donors (Lipinski definition) is 1. The van der Waals surface area contributed by atoms with Gasteiger partial charge in [0.15, 0.2) is 5.75 Å². The molecule has 1 aliphatic rings. The molecule has 0 spiro atoms. The Bertz CT molecular complexity index is 798. The summed E-state index contributed by atoms with van der Waals surface area (Å²) in [5, 5.41) is 0.389. The van der Waals surface area contributed by atoms with Crippen molar-refractivity contribution in [2.75, 3.05) is 32.0 Å². The number of hydrogen-bond acceptors (Lipinski definition) is 5. The van der Waals surface area contributed by atoms with E-state index >= 15 is 0 Å². The highest BCUT2D eigenvalue weighted by molar-refractivity contribution is 7.89. The molecule has 0 bridgehead atoms. The van der Waals surface area contributed by atoms with Crippen molar-refractivity contribution in [3.8, 4) is 11.5 Å². The molecule has 128 valence electrons. The van der Waals surface area contributed by atoms with E-state index in [4.69, 9.17) is 26.8 Å². The predicted octanol–water partition coefficient (Wildman–Crippen LogP) is 2.74. The Hall–Kier alpha value is -1.80. The lowest BCUT2D eigenvalue weighted by Gasteiger charge is -2.26. The summed E-state index contributed by atoms with van der Waals surface area (Å²) in [6, 6.07) is 11.2. The number of anilines is 1. The van der Waals surface area contributed by atoms with Crippen LogP contribution in [0.4, 0.5) is 5.69 Å². The molecule has 0 amide bonds. The summed E-state index contributed by atoms with van der Waals surface area (Å²) >= 11 is 6.07. The highest BCUT2D eigenvalue weighted by atomic mass is 35.5. The van der Waals surface area contributed by atoms with Gasteiger partial charge in [-0.1, -0.05) is 17.7 Å². The Labute approximate surface area is 145 Å². The molecule has 0 aliphatic carbocycles. The fraction of sp³-hybridized carbons (Fsp3) is 0.250. The van der Waals surface area contributed by atoms with Crippen LogP contribution in [-0.4, -0.2) is 39.0 Å². The molecule has 0 atom stereocenters. The van der Waals surface area contributed by atoms with Crippen molar-refractivity contribution in [2.45, 2.75) is 4.90 Å². The molecule has 24 heavy (non-hydrogen) atoms. The fourth-order valence-electron chi connectivity index (χ4n) is 2.37. The lowest BCUT2D eigenvalue weighted by atomic mass is 10.3. The first kappa shape index (κ1) is 17.0. The van der Waals surface area contributed by atoms with E-state index in [1.807, 2.05) is 0 Å².